The minimum atomic E-state index is -3.15. The van der Waals surface area contributed by atoms with E-state index in [2.05, 4.69) is 24.7 Å². The van der Waals surface area contributed by atoms with Crippen LogP contribution < -0.4 is 9.62 Å². The van der Waals surface area contributed by atoms with Gasteiger partial charge in [0.2, 0.25) is 10.0 Å². The van der Waals surface area contributed by atoms with E-state index in [4.69, 9.17) is 4.74 Å². The fourth-order valence-electron chi connectivity index (χ4n) is 4.05. The highest BCUT2D eigenvalue weighted by Crippen LogP contribution is 2.36. The molecule has 0 spiro atoms. The summed E-state index contributed by atoms with van der Waals surface area (Å²) in [6, 6.07) is 2.01. The fraction of sp³-hybridized carbons (Fsp3) is 0.688. The second-order valence-corrected chi connectivity index (χ2v) is 9.57. The van der Waals surface area contributed by atoms with Crippen LogP contribution in [0.3, 0.4) is 0 Å². The summed E-state index contributed by atoms with van der Waals surface area (Å²) < 4.78 is 34.7. The molecule has 1 saturated carbocycles. The number of sulfonamides is 1. The number of fused-ring (bicyclic) bond motifs is 2. The molecule has 26 heavy (non-hydrogen) atoms. The Morgan fingerprint density at radius 2 is 2.19 bits per heavy atom. The van der Waals surface area contributed by atoms with Gasteiger partial charge in [-0.25, -0.2) is 18.1 Å². The van der Waals surface area contributed by atoms with Crippen molar-refractivity contribution in [2.45, 2.75) is 31.1 Å². The molecule has 1 N–H and O–H groups in total. The predicted molar refractivity (Wildman–Crippen MR) is 94.4 cm³/mol. The van der Waals surface area contributed by atoms with Crippen molar-refractivity contribution in [1.82, 2.24) is 24.3 Å². The largest absolute Gasteiger partial charge is 0.376 e. The van der Waals surface area contributed by atoms with Gasteiger partial charge < -0.3 is 9.64 Å². The summed E-state index contributed by atoms with van der Waals surface area (Å²) in [4.78, 5) is 10.8. The first kappa shape index (κ1) is 16.4. The number of hydrogen-bond acceptors (Lipinski definition) is 7. The first-order valence-electron chi connectivity index (χ1n) is 9.04. The lowest BCUT2D eigenvalue weighted by molar-refractivity contribution is 0.111. The van der Waals surface area contributed by atoms with Crippen LogP contribution in [0.2, 0.25) is 0 Å². The minimum Gasteiger partial charge on any atom is -0.376 e. The van der Waals surface area contributed by atoms with E-state index in [-0.39, 0.29) is 17.3 Å². The molecular weight excluding hydrogens is 356 g/mol. The molecule has 2 aromatic rings. The van der Waals surface area contributed by atoms with Gasteiger partial charge in [0.05, 0.1) is 18.0 Å². The van der Waals surface area contributed by atoms with Crippen LogP contribution in [0.1, 0.15) is 18.5 Å². The zero-order valence-corrected chi connectivity index (χ0v) is 15.4. The van der Waals surface area contributed by atoms with Crippen LogP contribution in [0, 0.1) is 18.8 Å². The fourth-order valence-corrected chi connectivity index (χ4v) is 5.49. The van der Waals surface area contributed by atoms with Gasteiger partial charge in [-0.05, 0) is 19.8 Å². The van der Waals surface area contributed by atoms with Crippen molar-refractivity contribution in [1.29, 1.82) is 0 Å². The highest BCUT2D eigenvalue weighted by molar-refractivity contribution is 7.90. The van der Waals surface area contributed by atoms with Crippen LogP contribution in [-0.4, -0.2) is 65.6 Å². The van der Waals surface area contributed by atoms with Crippen molar-refractivity contribution in [2.24, 2.45) is 11.8 Å². The molecule has 140 valence electrons. The molecule has 4 heterocycles. The molecule has 2 saturated heterocycles. The van der Waals surface area contributed by atoms with Crippen molar-refractivity contribution in [3.8, 4) is 0 Å². The Morgan fingerprint density at radius 3 is 3.00 bits per heavy atom. The van der Waals surface area contributed by atoms with E-state index in [1.54, 1.807) is 4.52 Å². The summed E-state index contributed by atoms with van der Waals surface area (Å²) in [5, 5.41) is 4.10. The van der Waals surface area contributed by atoms with Gasteiger partial charge in [0.1, 0.15) is 12.1 Å². The van der Waals surface area contributed by atoms with E-state index < -0.39 is 10.0 Å². The number of nitrogens with one attached hydrogen (secondary N) is 1. The van der Waals surface area contributed by atoms with E-state index in [9.17, 15) is 8.42 Å². The third-order valence-electron chi connectivity index (χ3n) is 5.63. The Kier molecular flexibility index (Phi) is 3.70. The molecular formula is C16H22N6O3S. The molecule has 3 fully saturated rings. The first-order chi connectivity index (χ1) is 12.5. The molecule has 1 aliphatic carbocycles. The standard InChI is InChI=1S/C16H22N6O3S/c1-10-4-15(22-16(20-10)17-9-18-22)21-6-13-11(8-25-14(13)7-21)5-19-26(23,24)12-2-3-12/h4,9,11-14,19H,2-3,5-8H2,1H3/t11-,13+,14+/m1/s1. The van der Waals surface area contributed by atoms with Crippen LogP contribution in [0.15, 0.2) is 12.4 Å². The van der Waals surface area contributed by atoms with Crippen molar-refractivity contribution < 1.29 is 13.2 Å². The first-order valence-corrected chi connectivity index (χ1v) is 10.6. The summed E-state index contributed by atoms with van der Waals surface area (Å²) in [7, 11) is -3.15. The molecule has 0 bridgehead atoms. The zero-order valence-electron chi connectivity index (χ0n) is 14.6. The Morgan fingerprint density at radius 1 is 1.35 bits per heavy atom. The van der Waals surface area contributed by atoms with Crippen molar-refractivity contribution in [2.75, 3.05) is 31.1 Å². The quantitative estimate of drug-likeness (QED) is 0.779. The highest BCUT2D eigenvalue weighted by Gasteiger charge is 2.45. The number of aromatic nitrogens is 4. The normalized spacial score (nSPS) is 28.8. The van der Waals surface area contributed by atoms with Crippen LogP contribution in [0.5, 0.6) is 0 Å². The van der Waals surface area contributed by atoms with E-state index in [1.165, 1.54) is 6.33 Å². The third kappa shape index (κ3) is 2.76. The third-order valence-corrected chi connectivity index (χ3v) is 7.55. The van der Waals surface area contributed by atoms with E-state index in [0.29, 0.717) is 24.8 Å². The average Bonchev–Trinajstić information content (AvgIpc) is 3.06. The summed E-state index contributed by atoms with van der Waals surface area (Å²) in [5.41, 5.74) is 0.896. The molecule has 9 nitrogen and oxygen atoms in total. The van der Waals surface area contributed by atoms with Crippen LogP contribution in [-0.2, 0) is 14.8 Å². The van der Waals surface area contributed by atoms with Crippen LogP contribution in [0.25, 0.3) is 5.78 Å². The number of ether oxygens (including phenoxy) is 1. The van der Waals surface area contributed by atoms with E-state index in [0.717, 1.165) is 37.4 Å². The molecule has 3 atom stereocenters. The summed E-state index contributed by atoms with van der Waals surface area (Å²) in [5.74, 6) is 2.06. The predicted octanol–water partition coefficient (Wildman–Crippen LogP) is -0.0343. The van der Waals surface area contributed by atoms with Gasteiger partial charge in [0, 0.05) is 43.2 Å². The number of aryl methyl sites for hydroxylation is 1. The maximum atomic E-state index is 12.1. The second kappa shape index (κ2) is 5.86. The molecule has 0 aromatic carbocycles. The Hall–Kier alpha value is -1.78. The molecule has 2 aromatic heterocycles. The van der Waals surface area contributed by atoms with Crippen molar-refractivity contribution in [3.05, 3.63) is 18.1 Å². The van der Waals surface area contributed by atoms with Crippen molar-refractivity contribution in [3.63, 3.8) is 0 Å². The van der Waals surface area contributed by atoms with E-state index >= 15 is 0 Å². The van der Waals surface area contributed by atoms with Gasteiger partial charge in [-0.1, -0.05) is 0 Å². The lowest BCUT2D eigenvalue weighted by atomic mass is 9.93. The Labute approximate surface area is 151 Å². The molecule has 2 aliphatic heterocycles. The summed E-state index contributed by atoms with van der Waals surface area (Å²) >= 11 is 0. The molecule has 0 radical (unpaired) electrons. The van der Waals surface area contributed by atoms with Gasteiger partial charge in [0.15, 0.2) is 0 Å². The zero-order chi connectivity index (χ0) is 17.9. The molecule has 0 amide bonds. The molecule has 5 rings (SSSR count). The second-order valence-electron chi connectivity index (χ2n) is 7.52. The maximum Gasteiger partial charge on any atom is 0.254 e. The molecule has 10 heteroatoms. The van der Waals surface area contributed by atoms with Crippen LogP contribution >= 0.6 is 0 Å². The van der Waals surface area contributed by atoms with Gasteiger partial charge >= 0.3 is 0 Å². The van der Waals surface area contributed by atoms with Gasteiger partial charge in [-0.15, -0.1) is 0 Å². The summed E-state index contributed by atoms with van der Waals surface area (Å²) in [6.07, 6.45) is 3.20. The molecule has 3 aliphatic rings. The monoisotopic (exact) mass is 378 g/mol. The van der Waals surface area contributed by atoms with Crippen LogP contribution in [0.4, 0.5) is 5.82 Å². The van der Waals surface area contributed by atoms with Gasteiger partial charge in [0.25, 0.3) is 5.78 Å². The Bertz CT molecular complexity index is 941. The lowest BCUT2D eigenvalue weighted by Gasteiger charge is -2.22. The summed E-state index contributed by atoms with van der Waals surface area (Å²) in [6.45, 7) is 4.61. The number of rotatable bonds is 5. The topological polar surface area (TPSA) is 102 Å². The number of hydrogen-bond donors (Lipinski definition) is 1. The number of anilines is 1. The van der Waals surface area contributed by atoms with Crippen molar-refractivity contribution >= 4 is 21.6 Å². The SMILES string of the molecule is Cc1cc(N2C[C@H]3[C@H](CNS(=O)(=O)C4CC4)CO[C@H]3C2)n2ncnc2n1. The maximum absolute atomic E-state index is 12.1. The lowest BCUT2D eigenvalue weighted by Crippen LogP contribution is -2.36. The number of nitrogens with zero attached hydrogens (tertiary/aromatic N) is 5. The van der Waals surface area contributed by atoms with Gasteiger partial charge in [-0.2, -0.15) is 14.6 Å². The molecule has 0 unspecified atom stereocenters. The highest BCUT2D eigenvalue weighted by atomic mass is 32.2. The Balaban J connectivity index is 1.32. The smallest absolute Gasteiger partial charge is 0.254 e. The van der Waals surface area contributed by atoms with E-state index in [1.807, 2.05) is 13.0 Å². The average molecular weight is 378 g/mol. The van der Waals surface area contributed by atoms with Gasteiger partial charge in [-0.3, -0.25) is 0 Å². The minimum absolute atomic E-state index is 0.123.